The summed E-state index contributed by atoms with van der Waals surface area (Å²) in [7, 11) is 2.97. The summed E-state index contributed by atoms with van der Waals surface area (Å²) >= 11 is 1.30. The van der Waals surface area contributed by atoms with Crippen LogP contribution in [0.15, 0.2) is 41.8 Å². The van der Waals surface area contributed by atoms with Crippen molar-refractivity contribution in [3.05, 3.63) is 69.7 Å². The molecule has 2 aromatic carbocycles. The molecule has 0 radical (unpaired) electrons. The smallest absolute Gasteiger partial charge is 0.204 e. The molecule has 6 nitrogen and oxygen atoms in total. The lowest BCUT2D eigenvalue weighted by atomic mass is 10.1. The van der Waals surface area contributed by atoms with Crippen LogP contribution < -0.4 is 9.47 Å². The lowest BCUT2D eigenvalue weighted by molar-refractivity contribution is -0.119. The molecule has 3 rings (SSSR count). The van der Waals surface area contributed by atoms with E-state index < -0.39 is 11.6 Å². The molecule has 180 valence electrons. The Morgan fingerprint density at radius 3 is 2.59 bits per heavy atom. The van der Waals surface area contributed by atoms with Gasteiger partial charge in [-0.15, -0.1) is 11.3 Å². The van der Waals surface area contributed by atoms with Crippen LogP contribution in [0.3, 0.4) is 0 Å². The van der Waals surface area contributed by atoms with Gasteiger partial charge in [-0.1, -0.05) is 6.07 Å². The maximum absolute atomic E-state index is 14.3. The van der Waals surface area contributed by atoms with Gasteiger partial charge in [0.2, 0.25) is 5.75 Å². The highest BCUT2D eigenvalue weighted by Gasteiger charge is 2.18. The Labute approximate surface area is 200 Å². The summed E-state index contributed by atoms with van der Waals surface area (Å²) in [5.74, 6) is -1.17. The predicted octanol–water partition coefficient (Wildman–Crippen LogP) is 5.11. The molecule has 0 saturated heterocycles. The van der Waals surface area contributed by atoms with Gasteiger partial charge in [0.1, 0.15) is 28.1 Å². The number of ether oxygens (including phenoxy) is 3. The Kier molecular flexibility index (Phi) is 9.24. The number of halogens is 2. The number of aromatic nitrogens is 1. The first-order valence-corrected chi connectivity index (χ1v) is 11.5. The first kappa shape index (κ1) is 25.5. The number of hydrogen-bond acceptors (Lipinski definition) is 7. The van der Waals surface area contributed by atoms with Gasteiger partial charge in [-0.05, 0) is 36.8 Å². The number of para-hydroxylation sites is 1. The molecule has 0 aliphatic heterocycles. The molecule has 0 spiro atoms. The fourth-order valence-electron chi connectivity index (χ4n) is 3.30. The van der Waals surface area contributed by atoms with Crippen LogP contribution in [0.4, 0.5) is 8.78 Å². The van der Waals surface area contributed by atoms with Gasteiger partial charge in [0.15, 0.2) is 11.6 Å². The molecule has 34 heavy (non-hydrogen) atoms. The Morgan fingerprint density at radius 1 is 1.00 bits per heavy atom. The van der Waals surface area contributed by atoms with E-state index in [2.05, 4.69) is 4.98 Å². The molecule has 0 bridgehead atoms. The molecule has 0 saturated carbocycles. The minimum atomic E-state index is -0.645. The van der Waals surface area contributed by atoms with Crippen molar-refractivity contribution in [2.24, 2.45) is 0 Å². The number of Topliss-reactive ketones (excluding diaryl/α,β-unsaturated/α-hetero) is 2. The summed E-state index contributed by atoms with van der Waals surface area (Å²) < 4.78 is 43.9. The Bertz CT molecular complexity index is 1150. The quantitative estimate of drug-likeness (QED) is 0.311. The van der Waals surface area contributed by atoms with Gasteiger partial charge >= 0.3 is 0 Å². The van der Waals surface area contributed by atoms with Crippen LogP contribution >= 0.6 is 11.3 Å². The predicted molar refractivity (Wildman–Crippen MR) is 124 cm³/mol. The van der Waals surface area contributed by atoms with Crippen LogP contribution in [0.1, 0.15) is 29.1 Å². The van der Waals surface area contributed by atoms with Crippen molar-refractivity contribution >= 4 is 22.9 Å². The molecule has 1 heterocycles. The third kappa shape index (κ3) is 7.16. The molecule has 3 aromatic rings. The van der Waals surface area contributed by atoms with Crippen LogP contribution in [-0.2, 0) is 33.6 Å². The first-order valence-electron chi connectivity index (χ1n) is 10.6. The van der Waals surface area contributed by atoms with Gasteiger partial charge < -0.3 is 14.2 Å². The maximum atomic E-state index is 14.3. The van der Waals surface area contributed by atoms with E-state index in [9.17, 15) is 18.4 Å². The molecule has 9 heteroatoms. The second kappa shape index (κ2) is 12.3. The molecule has 1 aromatic heterocycles. The lowest BCUT2D eigenvalue weighted by Gasteiger charge is -2.14. The zero-order chi connectivity index (χ0) is 24.5. The van der Waals surface area contributed by atoms with Crippen molar-refractivity contribution < 1.29 is 32.6 Å². The number of rotatable bonds is 13. The molecule has 0 fully saturated rings. The van der Waals surface area contributed by atoms with Crippen LogP contribution in [0, 0.1) is 11.6 Å². The van der Waals surface area contributed by atoms with E-state index in [1.54, 1.807) is 12.5 Å². The van der Waals surface area contributed by atoms with Crippen LogP contribution in [0.25, 0.3) is 0 Å². The summed E-state index contributed by atoms with van der Waals surface area (Å²) in [6, 6.07) is 7.94. The van der Waals surface area contributed by atoms with E-state index in [0.717, 1.165) is 0 Å². The molecular formula is C25H25F2NO5S. The van der Waals surface area contributed by atoms with E-state index in [-0.39, 0.29) is 53.6 Å². The number of carbonyl (C=O) groups excluding carboxylic acids is 2. The molecular weight excluding hydrogens is 464 g/mol. The summed E-state index contributed by atoms with van der Waals surface area (Å²) in [6.07, 6.45) is 1.17. The van der Waals surface area contributed by atoms with Crippen LogP contribution in [0.5, 0.6) is 17.2 Å². The number of hydrogen-bond donors (Lipinski definition) is 0. The van der Waals surface area contributed by atoms with Crippen LogP contribution in [0.2, 0.25) is 0 Å². The van der Waals surface area contributed by atoms with Crippen molar-refractivity contribution in [3.8, 4) is 17.2 Å². The van der Waals surface area contributed by atoms with Gasteiger partial charge in [0.25, 0.3) is 0 Å². The maximum Gasteiger partial charge on any atom is 0.204 e. The molecule has 0 aliphatic carbocycles. The highest BCUT2D eigenvalue weighted by Crippen LogP contribution is 2.35. The second-order valence-electron chi connectivity index (χ2n) is 7.56. The molecule has 0 amide bonds. The zero-order valence-electron chi connectivity index (χ0n) is 18.9. The summed E-state index contributed by atoms with van der Waals surface area (Å²) in [5, 5.41) is 2.33. The van der Waals surface area contributed by atoms with Crippen molar-refractivity contribution in [3.63, 3.8) is 0 Å². The van der Waals surface area contributed by atoms with E-state index in [1.165, 1.54) is 54.8 Å². The fourth-order valence-corrected chi connectivity index (χ4v) is 4.13. The number of methoxy groups -OCH3 is 2. The van der Waals surface area contributed by atoms with E-state index >= 15 is 0 Å². The third-order valence-corrected chi connectivity index (χ3v) is 5.80. The highest BCUT2D eigenvalue weighted by atomic mass is 32.1. The third-order valence-electron chi connectivity index (χ3n) is 4.90. The topological polar surface area (TPSA) is 74.7 Å². The van der Waals surface area contributed by atoms with E-state index in [4.69, 9.17) is 14.2 Å². The fraction of sp³-hybridized carbons (Fsp3) is 0.320. The summed E-state index contributed by atoms with van der Waals surface area (Å²) in [5.41, 5.74) is 0.900. The number of nitrogens with zero attached hydrogens (tertiary/aromatic N) is 1. The Hall–Kier alpha value is -3.17. The lowest BCUT2D eigenvalue weighted by Crippen LogP contribution is -2.09. The second-order valence-corrected chi connectivity index (χ2v) is 8.50. The number of thiazole rings is 1. The Morgan fingerprint density at radius 2 is 1.82 bits per heavy atom. The van der Waals surface area contributed by atoms with Crippen LogP contribution in [-0.4, -0.2) is 37.4 Å². The Balaban J connectivity index is 1.66. The van der Waals surface area contributed by atoms with Gasteiger partial charge in [-0.25, -0.2) is 13.8 Å². The van der Waals surface area contributed by atoms with Crippen molar-refractivity contribution in [2.75, 3.05) is 20.8 Å². The summed E-state index contributed by atoms with van der Waals surface area (Å²) in [6.45, 7) is 0.526. The standard InChI is InChI=1S/C25H25F2NO5S/c1-31-10-4-5-19(29)13-18-15-34-24(28-18)14-20(30)12-16-11-17(26)8-9-22(16)33-25-21(27)6-3-7-23(25)32-2/h3,6-9,11,15H,4-5,10,12-14H2,1-2H3. The van der Waals surface area contributed by atoms with E-state index in [0.29, 0.717) is 30.2 Å². The SMILES string of the molecule is COCCCC(=O)Cc1csc(CC(=O)Cc2cc(F)ccc2Oc2c(F)cccc2OC)n1. The first-order chi connectivity index (χ1) is 16.4. The number of ketones is 2. The molecule has 0 atom stereocenters. The minimum Gasteiger partial charge on any atom is -0.493 e. The number of carbonyl (C=O) groups is 2. The average Bonchev–Trinajstić information content (AvgIpc) is 3.23. The highest BCUT2D eigenvalue weighted by molar-refractivity contribution is 7.09. The number of benzene rings is 2. The van der Waals surface area contributed by atoms with Gasteiger partial charge in [-0.2, -0.15) is 0 Å². The average molecular weight is 490 g/mol. The molecule has 0 aliphatic rings. The monoisotopic (exact) mass is 489 g/mol. The summed E-state index contributed by atoms with van der Waals surface area (Å²) in [4.78, 5) is 29.1. The minimum absolute atomic E-state index is 0.0293. The van der Waals surface area contributed by atoms with Crippen molar-refractivity contribution in [1.29, 1.82) is 0 Å². The van der Waals surface area contributed by atoms with Crippen molar-refractivity contribution in [1.82, 2.24) is 4.98 Å². The van der Waals surface area contributed by atoms with Gasteiger partial charge in [0.05, 0.1) is 19.2 Å². The van der Waals surface area contributed by atoms with Crippen molar-refractivity contribution in [2.45, 2.75) is 32.1 Å². The largest absolute Gasteiger partial charge is 0.493 e. The normalized spacial score (nSPS) is 10.8. The van der Waals surface area contributed by atoms with Gasteiger partial charge in [-0.3, -0.25) is 9.59 Å². The molecule has 0 N–H and O–H groups in total. The zero-order valence-corrected chi connectivity index (χ0v) is 19.8. The van der Waals surface area contributed by atoms with E-state index in [1.807, 2.05) is 0 Å². The molecule has 0 unspecified atom stereocenters. The van der Waals surface area contributed by atoms with Gasteiger partial charge in [0, 0.05) is 43.9 Å².